The molecule has 4 heterocycles. The molecule has 0 spiro atoms. The van der Waals surface area contributed by atoms with Crippen LogP contribution >= 0.6 is 34.7 Å². The van der Waals surface area contributed by atoms with Gasteiger partial charge >= 0.3 is 10.8 Å². The quantitative estimate of drug-likeness (QED) is 0.472. The molecule has 10 nitrogen and oxygen atoms in total. The van der Waals surface area contributed by atoms with E-state index in [9.17, 15) is 29.1 Å². The fourth-order valence-corrected chi connectivity index (χ4v) is 11.0. The van der Waals surface area contributed by atoms with Gasteiger partial charge in [-0.3, -0.25) is 28.9 Å². The number of fused-ring (bicyclic) bond motifs is 9. The maximum Gasteiger partial charge on any atom is 0.323 e. The van der Waals surface area contributed by atoms with Crippen molar-refractivity contribution in [3.63, 3.8) is 0 Å². The normalized spacial score (nSPS) is 31.7. The number of halogens is 1. The smallest absolute Gasteiger partial charge is 0.323 e. The molecule has 0 radical (unpaired) electrons. The minimum Gasteiger partial charge on any atom is -0.483 e. The number of aromatic nitrogens is 1. The van der Waals surface area contributed by atoms with E-state index in [4.69, 9.17) is 16.3 Å². The summed E-state index contributed by atoms with van der Waals surface area (Å²) in [6, 6.07) is 5.28. The second kappa shape index (κ2) is 10.2. The number of thioether (sulfide) groups is 1. The number of nitrogens with zero attached hydrogens (tertiary/aromatic N) is 2. The lowest BCUT2D eigenvalue weighted by molar-refractivity contribution is -0.149. The molecule has 3 aliphatic heterocycles. The van der Waals surface area contributed by atoms with Crippen LogP contribution in [0.4, 0.5) is 0 Å². The zero-order chi connectivity index (χ0) is 28.6. The van der Waals surface area contributed by atoms with Crippen LogP contribution in [0.25, 0.3) is 0 Å². The van der Waals surface area contributed by atoms with Crippen LogP contribution in [0.2, 0.25) is 5.02 Å². The molecule has 5 aliphatic rings. The maximum atomic E-state index is 13.4. The number of carboxylic acids is 1. The number of aliphatic carboxylic acids is 1. The summed E-state index contributed by atoms with van der Waals surface area (Å²) in [4.78, 5) is 70.0. The Morgan fingerprint density at radius 3 is 2.54 bits per heavy atom. The van der Waals surface area contributed by atoms with Crippen molar-refractivity contribution in [3.8, 4) is 5.75 Å². The molecule has 1 aromatic heterocycles. The van der Waals surface area contributed by atoms with Crippen molar-refractivity contribution in [2.24, 2.45) is 29.6 Å². The molecule has 13 heteroatoms. The van der Waals surface area contributed by atoms with Crippen molar-refractivity contribution >= 4 is 58.4 Å². The summed E-state index contributed by atoms with van der Waals surface area (Å²) in [5.41, 5.74) is 0.749. The zero-order valence-electron chi connectivity index (χ0n) is 21.9. The van der Waals surface area contributed by atoms with Crippen LogP contribution in [0.15, 0.2) is 28.0 Å². The number of hydrogen-bond acceptors (Lipinski definition) is 8. The van der Waals surface area contributed by atoms with Crippen LogP contribution in [0.1, 0.15) is 42.0 Å². The van der Waals surface area contributed by atoms with Crippen LogP contribution in [0, 0.1) is 29.6 Å². The number of piperidine rings is 1. The van der Waals surface area contributed by atoms with E-state index < -0.39 is 36.2 Å². The van der Waals surface area contributed by atoms with E-state index in [-0.39, 0.29) is 46.3 Å². The summed E-state index contributed by atoms with van der Waals surface area (Å²) in [6.45, 7) is 0.691. The van der Waals surface area contributed by atoms with E-state index in [1.807, 2.05) is 11.0 Å². The van der Waals surface area contributed by atoms with E-state index in [1.165, 1.54) is 0 Å². The number of thiazole rings is 1. The predicted molar refractivity (Wildman–Crippen MR) is 150 cm³/mol. The molecule has 2 bridgehead atoms. The molecule has 7 atom stereocenters. The van der Waals surface area contributed by atoms with Gasteiger partial charge < -0.3 is 19.7 Å². The number of carboxylic acid groups (broad SMARTS) is 1. The Labute approximate surface area is 248 Å². The summed E-state index contributed by atoms with van der Waals surface area (Å²) in [5.74, 6) is -3.50. The van der Waals surface area contributed by atoms with E-state index >= 15 is 0 Å². The summed E-state index contributed by atoms with van der Waals surface area (Å²) in [6.07, 6.45) is 3.75. The molecule has 2 aromatic rings. The SMILES string of the molecule is O=C(O)CN1C(=O)C2C3CC(C2C1=O)C1C3Sc2[nH]c(=O)sc2[C@@H]1c1cc(Cl)ccc1OCC(=O)N1CCCCC1. The second-order valence-electron chi connectivity index (χ2n) is 11.5. The summed E-state index contributed by atoms with van der Waals surface area (Å²) >= 11 is 9.18. The monoisotopic (exact) mass is 617 g/mol. The Morgan fingerprint density at radius 1 is 1.07 bits per heavy atom. The standard InChI is InChI=1S/C28H28ClN3O7S2/c29-12-4-5-16(39-11-17(33)31-6-2-1-3-7-31)13(8-12)19-20-14-9-15(23(20)40-25-24(19)41-28(38)30-25)22-21(14)26(36)32(27(22)37)10-18(34)35/h4-5,8,14-15,19-23H,1-3,6-7,9-11H2,(H,30,38)(H,34,35)/t14?,15?,19-,20?,21?,22?,23?/m1/s1. The number of aromatic amines is 1. The van der Waals surface area contributed by atoms with Crippen LogP contribution in [0.5, 0.6) is 5.75 Å². The molecule has 2 aliphatic carbocycles. The first kappa shape index (κ1) is 27.0. The Bertz CT molecular complexity index is 1520. The highest BCUT2D eigenvalue weighted by Gasteiger charge is 2.69. The average Bonchev–Trinajstić information content (AvgIpc) is 3.68. The van der Waals surface area contributed by atoms with Crippen molar-refractivity contribution in [1.29, 1.82) is 0 Å². The van der Waals surface area contributed by atoms with E-state index in [0.717, 1.165) is 64.1 Å². The lowest BCUT2D eigenvalue weighted by Gasteiger charge is -2.43. The van der Waals surface area contributed by atoms with Gasteiger partial charge in [0.2, 0.25) is 11.8 Å². The number of nitrogens with one attached hydrogen (secondary N) is 1. The highest BCUT2D eigenvalue weighted by atomic mass is 35.5. The molecule has 4 fully saturated rings. The van der Waals surface area contributed by atoms with Gasteiger partial charge in [0.15, 0.2) is 6.61 Å². The number of ether oxygens (including phenoxy) is 1. The molecule has 41 heavy (non-hydrogen) atoms. The second-order valence-corrected chi connectivity index (χ2v) is 14.2. The van der Waals surface area contributed by atoms with Gasteiger partial charge in [-0.1, -0.05) is 22.9 Å². The largest absolute Gasteiger partial charge is 0.483 e. The molecule has 3 amide bonds. The Balaban J connectivity index is 1.26. The molecule has 1 aromatic carbocycles. The molecule has 216 valence electrons. The number of H-pyrrole nitrogens is 1. The minimum absolute atomic E-state index is 0.0626. The van der Waals surface area contributed by atoms with Gasteiger partial charge in [-0.15, -0.1) is 11.8 Å². The molecule has 2 saturated carbocycles. The third-order valence-electron chi connectivity index (χ3n) is 9.48. The third kappa shape index (κ3) is 4.32. The van der Waals surface area contributed by atoms with Gasteiger partial charge in [-0.2, -0.15) is 0 Å². The molecular weight excluding hydrogens is 590 g/mol. The first-order valence-electron chi connectivity index (χ1n) is 13.9. The third-order valence-corrected chi connectivity index (χ3v) is 12.3. The first-order valence-corrected chi connectivity index (χ1v) is 16.0. The van der Waals surface area contributed by atoms with Crippen molar-refractivity contribution in [2.45, 2.75) is 41.9 Å². The number of carbonyl (C=O) groups excluding carboxylic acids is 3. The Morgan fingerprint density at radius 2 is 1.80 bits per heavy atom. The Kier molecular flexibility index (Phi) is 6.70. The zero-order valence-corrected chi connectivity index (χ0v) is 24.3. The molecule has 7 rings (SSSR count). The highest BCUT2D eigenvalue weighted by Crippen LogP contribution is 2.69. The van der Waals surface area contributed by atoms with Gasteiger partial charge in [0, 0.05) is 39.7 Å². The van der Waals surface area contributed by atoms with Crippen LogP contribution in [-0.4, -0.2) is 75.1 Å². The van der Waals surface area contributed by atoms with Crippen LogP contribution in [-0.2, 0) is 19.2 Å². The topological polar surface area (TPSA) is 137 Å². The van der Waals surface area contributed by atoms with Gasteiger partial charge in [0.1, 0.15) is 12.3 Å². The number of rotatable bonds is 6. The minimum atomic E-state index is -1.22. The molecule has 2 N–H and O–H groups in total. The van der Waals surface area contributed by atoms with Crippen LogP contribution < -0.4 is 9.61 Å². The molecule has 6 unspecified atom stereocenters. The van der Waals surface area contributed by atoms with Crippen molar-refractivity contribution in [2.75, 3.05) is 26.2 Å². The van der Waals surface area contributed by atoms with Crippen molar-refractivity contribution in [3.05, 3.63) is 43.3 Å². The van der Waals surface area contributed by atoms with Gasteiger partial charge in [-0.25, -0.2) is 0 Å². The molecule has 2 saturated heterocycles. The number of imide groups is 1. The summed E-state index contributed by atoms with van der Waals surface area (Å²) < 4.78 is 6.16. The Hall–Kier alpha value is -2.83. The number of benzene rings is 1. The summed E-state index contributed by atoms with van der Waals surface area (Å²) in [5, 5.41) is 10.5. The fourth-order valence-electron chi connectivity index (χ4n) is 7.99. The lowest BCUT2D eigenvalue weighted by atomic mass is 9.68. The van der Waals surface area contributed by atoms with Gasteiger partial charge in [-0.05, 0) is 61.6 Å². The van der Waals surface area contributed by atoms with Gasteiger partial charge in [0.25, 0.3) is 5.91 Å². The number of carbonyl (C=O) groups is 4. The first-order chi connectivity index (χ1) is 19.7. The predicted octanol–water partition coefficient (Wildman–Crippen LogP) is 3.04. The van der Waals surface area contributed by atoms with Crippen molar-refractivity contribution in [1.82, 2.24) is 14.8 Å². The maximum absolute atomic E-state index is 13.4. The fraction of sp³-hybridized carbons (Fsp3) is 0.536. The average molecular weight is 618 g/mol. The van der Waals surface area contributed by atoms with Gasteiger partial charge in [0.05, 0.1) is 16.9 Å². The van der Waals surface area contributed by atoms with E-state index in [1.54, 1.807) is 23.9 Å². The van der Waals surface area contributed by atoms with Crippen LogP contribution in [0.3, 0.4) is 0 Å². The van der Waals surface area contributed by atoms with E-state index in [2.05, 4.69) is 4.98 Å². The highest BCUT2D eigenvalue weighted by molar-refractivity contribution is 8.00. The molecular formula is C28H28ClN3O7S2. The number of likely N-dealkylation sites (tertiary alicyclic amines) is 2. The number of hydrogen-bond donors (Lipinski definition) is 2. The lowest BCUT2D eigenvalue weighted by Crippen LogP contribution is -2.43. The number of amides is 3. The van der Waals surface area contributed by atoms with E-state index in [0.29, 0.717) is 17.2 Å². The van der Waals surface area contributed by atoms with Crippen molar-refractivity contribution < 1.29 is 29.0 Å². The summed E-state index contributed by atoms with van der Waals surface area (Å²) in [7, 11) is 0.